The third-order valence-corrected chi connectivity index (χ3v) is 4.83. The molecular formula is C17H24BrNO2. The molecule has 0 unspecified atom stereocenters. The van der Waals surface area contributed by atoms with E-state index < -0.39 is 0 Å². The second-order valence-corrected chi connectivity index (χ2v) is 6.50. The number of ether oxygens (including phenoxy) is 1. The number of pyridine rings is 1. The molecule has 2 aliphatic rings. The van der Waals surface area contributed by atoms with Gasteiger partial charge in [0.25, 0.3) is 0 Å². The number of hydrogen-bond donors (Lipinski definition) is 0. The van der Waals surface area contributed by atoms with Crippen molar-refractivity contribution in [3.8, 4) is 0 Å². The van der Waals surface area contributed by atoms with Gasteiger partial charge in [0.2, 0.25) is 0 Å². The van der Waals surface area contributed by atoms with Crippen LogP contribution < -0.4 is 0 Å². The van der Waals surface area contributed by atoms with Crippen LogP contribution in [-0.4, -0.2) is 18.1 Å². The van der Waals surface area contributed by atoms with Crippen molar-refractivity contribution in [2.45, 2.75) is 64.2 Å². The summed E-state index contributed by atoms with van der Waals surface area (Å²) in [4.78, 5) is 16.6. The highest BCUT2D eigenvalue weighted by molar-refractivity contribution is 9.10. The molecule has 2 heterocycles. The van der Waals surface area contributed by atoms with Crippen LogP contribution in [0.25, 0.3) is 0 Å². The monoisotopic (exact) mass is 353 g/mol. The molecule has 116 valence electrons. The summed E-state index contributed by atoms with van der Waals surface area (Å²) >= 11 is 3.56. The van der Waals surface area contributed by atoms with Crippen molar-refractivity contribution >= 4 is 21.9 Å². The predicted molar refractivity (Wildman–Crippen MR) is 87.6 cm³/mol. The van der Waals surface area contributed by atoms with E-state index in [9.17, 15) is 4.79 Å². The predicted octanol–water partition coefficient (Wildman–Crippen LogP) is 4.85. The van der Waals surface area contributed by atoms with Gasteiger partial charge in [0.05, 0.1) is 18.4 Å². The van der Waals surface area contributed by atoms with E-state index in [0.29, 0.717) is 5.56 Å². The van der Waals surface area contributed by atoms with Crippen LogP contribution in [0.15, 0.2) is 10.7 Å². The lowest BCUT2D eigenvalue weighted by Crippen LogP contribution is -2.10. The molecule has 3 nitrogen and oxygen atoms in total. The van der Waals surface area contributed by atoms with Crippen LogP contribution in [0.5, 0.6) is 0 Å². The quantitative estimate of drug-likeness (QED) is 0.535. The van der Waals surface area contributed by atoms with Crippen LogP contribution >= 0.6 is 15.9 Å². The van der Waals surface area contributed by atoms with E-state index in [4.69, 9.17) is 4.74 Å². The van der Waals surface area contributed by atoms with Crippen LogP contribution in [0.3, 0.4) is 0 Å². The number of methoxy groups -OCH3 is 1. The van der Waals surface area contributed by atoms with Gasteiger partial charge in [-0.25, -0.2) is 9.78 Å². The van der Waals surface area contributed by atoms with Crippen LogP contribution in [-0.2, 0) is 17.6 Å². The smallest absolute Gasteiger partial charge is 0.339 e. The molecule has 3 rings (SSSR count). The lowest BCUT2D eigenvalue weighted by atomic mass is 9.99. The molecule has 1 aliphatic heterocycles. The van der Waals surface area contributed by atoms with Crippen molar-refractivity contribution in [2.75, 3.05) is 7.11 Å². The Bertz CT molecular complexity index is 488. The minimum atomic E-state index is -0.265. The summed E-state index contributed by atoms with van der Waals surface area (Å²) in [5.41, 5.74) is 2.64. The molecule has 0 spiro atoms. The summed E-state index contributed by atoms with van der Waals surface area (Å²) in [7, 11) is 1.44. The maximum absolute atomic E-state index is 12.0. The Morgan fingerprint density at radius 2 is 1.62 bits per heavy atom. The van der Waals surface area contributed by atoms with Gasteiger partial charge in [0.15, 0.2) is 0 Å². The Morgan fingerprint density at radius 3 is 2.24 bits per heavy atom. The second-order valence-electron chi connectivity index (χ2n) is 5.75. The molecule has 4 heteroatoms. The topological polar surface area (TPSA) is 39.2 Å². The molecule has 2 bridgehead atoms. The molecule has 0 N–H and O–H groups in total. The number of halogens is 1. The first-order valence-corrected chi connectivity index (χ1v) is 8.78. The van der Waals surface area contributed by atoms with Gasteiger partial charge >= 0.3 is 5.97 Å². The number of aromatic nitrogens is 1. The Morgan fingerprint density at radius 1 is 1.05 bits per heavy atom. The van der Waals surface area contributed by atoms with E-state index in [2.05, 4.69) is 20.9 Å². The Labute approximate surface area is 135 Å². The van der Waals surface area contributed by atoms with Crippen molar-refractivity contribution in [1.29, 1.82) is 0 Å². The molecule has 0 amide bonds. The molecule has 0 saturated carbocycles. The average Bonchev–Trinajstić information content (AvgIpc) is 2.49. The fourth-order valence-electron chi connectivity index (χ4n) is 2.89. The average molecular weight is 354 g/mol. The van der Waals surface area contributed by atoms with Crippen molar-refractivity contribution in [2.24, 2.45) is 0 Å². The van der Waals surface area contributed by atoms with Crippen molar-refractivity contribution in [3.05, 3.63) is 27.5 Å². The second kappa shape index (κ2) is 8.52. The molecule has 0 aromatic carbocycles. The molecular weight excluding hydrogens is 330 g/mol. The highest BCUT2D eigenvalue weighted by atomic mass is 79.9. The number of carbonyl (C=O) groups is 1. The van der Waals surface area contributed by atoms with Gasteiger partial charge in [-0.05, 0) is 53.2 Å². The first-order chi connectivity index (χ1) is 10.2. The van der Waals surface area contributed by atoms with E-state index in [0.717, 1.165) is 41.5 Å². The SMILES string of the molecule is COC(=O)c1cc2c(Br)nc1CCCCCCCCCC2. The molecule has 0 fully saturated rings. The number of rotatable bonds is 1. The Kier molecular flexibility index (Phi) is 6.68. The highest BCUT2D eigenvalue weighted by Crippen LogP contribution is 2.24. The summed E-state index contributed by atoms with van der Waals surface area (Å²) in [5.74, 6) is -0.265. The van der Waals surface area contributed by atoms with Gasteiger partial charge in [-0.3, -0.25) is 0 Å². The lowest BCUT2D eigenvalue weighted by molar-refractivity contribution is 0.0598. The van der Waals surface area contributed by atoms with E-state index in [1.54, 1.807) is 0 Å². The Balaban J connectivity index is 2.26. The first-order valence-electron chi connectivity index (χ1n) is 7.99. The fraction of sp³-hybridized carbons (Fsp3) is 0.647. The largest absolute Gasteiger partial charge is 0.465 e. The third-order valence-electron chi connectivity index (χ3n) is 4.14. The van der Waals surface area contributed by atoms with E-state index >= 15 is 0 Å². The normalized spacial score (nSPS) is 17.2. The molecule has 1 aromatic heterocycles. The maximum Gasteiger partial charge on any atom is 0.339 e. The molecule has 1 aliphatic carbocycles. The zero-order chi connectivity index (χ0) is 15.1. The van der Waals surface area contributed by atoms with Gasteiger partial charge in [0, 0.05) is 0 Å². The van der Waals surface area contributed by atoms with Crippen LogP contribution in [0.4, 0.5) is 0 Å². The van der Waals surface area contributed by atoms with Crippen LogP contribution in [0.2, 0.25) is 0 Å². The number of esters is 1. The maximum atomic E-state index is 12.0. The van der Waals surface area contributed by atoms with Crippen molar-refractivity contribution in [3.63, 3.8) is 0 Å². The van der Waals surface area contributed by atoms with Gasteiger partial charge in [0.1, 0.15) is 4.60 Å². The van der Waals surface area contributed by atoms with Gasteiger partial charge in [-0.1, -0.05) is 38.5 Å². The number of aryl methyl sites for hydroxylation is 2. The zero-order valence-corrected chi connectivity index (χ0v) is 14.4. The molecule has 21 heavy (non-hydrogen) atoms. The Hall–Kier alpha value is -0.900. The lowest BCUT2D eigenvalue weighted by Gasteiger charge is -2.13. The first kappa shape index (κ1) is 16.5. The third kappa shape index (κ3) is 4.80. The summed E-state index contributed by atoms with van der Waals surface area (Å²) < 4.78 is 5.81. The van der Waals surface area contributed by atoms with Crippen molar-refractivity contribution in [1.82, 2.24) is 4.98 Å². The standard InChI is InChI=1S/C17H24BrNO2/c1-21-17(20)14-12-13-10-8-6-4-2-3-5-7-9-11-15(14)19-16(13)18/h12H,2-11H2,1H3. The zero-order valence-electron chi connectivity index (χ0n) is 12.8. The molecule has 0 radical (unpaired) electrons. The summed E-state index contributed by atoms with van der Waals surface area (Å²) in [5, 5.41) is 0. The number of nitrogens with zero attached hydrogens (tertiary/aromatic N) is 1. The van der Waals surface area contributed by atoms with E-state index in [1.165, 1.54) is 45.6 Å². The highest BCUT2D eigenvalue weighted by Gasteiger charge is 2.17. The summed E-state index contributed by atoms with van der Waals surface area (Å²) in [6, 6.07) is 1.98. The molecule has 0 atom stereocenters. The number of fused-ring (bicyclic) bond motifs is 11. The van der Waals surface area contributed by atoms with Gasteiger partial charge in [-0.15, -0.1) is 0 Å². The summed E-state index contributed by atoms with van der Waals surface area (Å²) in [6.45, 7) is 0. The van der Waals surface area contributed by atoms with Crippen LogP contribution in [0.1, 0.15) is 73.0 Å². The van der Waals surface area contributed by atoms with Crippen LogP contribution in [0, 0.1) is 0 Å². The van der Waals surface area contributed by atoms with E-state index in [-0.39, 0.29) is 5.97 Å². The molecule has 1 aromatic rings. The number of carbonyl (C=O) groups excluding carboxylic acids is 1. The molecule has 0 saturated heterocycles. The van der Waals surface area contributed by atoms with Gasteiger partial charge < -0.3 is 4.74 Å². The van der Waals surface area contributed by atoms with E-state index in [1.807, 2.05) is 6.07 Å². The van der Waals surface area contributed by atoms with Crippen molar-refractivity contribution < 1.29 is 9.53 Å². The minimum Gasteiger partial charge on any atom is -0.465 e. The minimum absolute atomic E-state index is 0.265. The fourth-order valence-corrected chi connectivity index (χ4v) is 3.42. The van der Waals surface area contributed by atoms with Gasteiger partial charge in [-0.2, -0.15) is 0 Å². The number of hydrogen-bond acceptors (Lipinski definition) is 3. The summed E-state index contributed by atoms with van der Waals surface area (Å²) in [6.07, 6.45) is 11.8.